The molecule has 0 aromatic heterocycles. The lowest BCUT2D eigenvalue weighted by molar-refractivity contribution is 0.0933. The van der Waals surface area contributed by atoms with E-state index in [1.54, 1.807) is 11.8 Å². The Morgan fingerprint density at radius 3 is 2.19 bits per heavy atom. The first kappa shape index (κ1) is 20.3. The standard InChI is InChI=1S/C16H26N2OS.ClH/c1-11(2)9-14(10-17)18-16(19)13-5-7-15(8-6-13)20-12(3)4;/h5-8,11-12,14H,9-10,17H2,1-4H3,(H,18,19);1H. The molecular weight excluding hydrogens is 304 g/mol. The molecule has 1 amide bonds. The minimum absolute atomic E-state index is 0. The van der Waals surface area contributed by atoms with Gasteiger partial charge in [-0.15, -0.1) is 24.2 Å². The van der Waals surface area contributed by atoms with E-state index in [4.69, 9.17) is 5.73 Å². The summed E-state index contributed by atoms with van der Waals surface area (Å²) in [5.74, 6) is 0.482. The molecule has 3 nitrogen and oxygen atoms in total. The summed E-state index contributed by atoms with van der Waals surface area (Å²) in [6, 6.07) is 7.80. The van der Waals surface area contributed by atoms with Crippen molar-refractivity contribution in [1.82, 2.24) is 5.32 Å². The number of halogens is 1. The lowest BCUT2D eigenvalue weighted by Crippen LogP contribution is -2.41. The molecule has 0 aliphatic heterocycles. The van der Waals surface area contributed by atoms with E-state index in [2.05, 4.69) is 33.0 Å². The highest BCUT2D eigenvalue weighted by atomic mass is 35.5. The van der Waals surface area contributed by atoms with Crippen LogP contribution in [0, 0.1) is 5.92 Å². The van der Waals surface area contributed by atoms with Crippen molar-refractivity contribution < 1.29 is 4.79 Å². The van der Waals surface area contributed by atoms with Crippen LogP contribution in [-0.4, -0.2) is 23.7 Å². The summed E-state index contributed by atoms with van der Waals surface area (Å²) in [5.41, 5.74) is 6.40. The van der Waals surface area contributed by atoms with Gasteiger partial charge in [0.1, 0.15) is 0 Å². The molecule has 0 radical (unpaired) electrons. The van der Waals surface area contributed by atoms with Crippen LogP contribution < -0.4 is 11.1 Å². The monoisotopic (exact) mass is 330 g/mol. The lowest BCUT2D eigenvalue weighted by atomic mass is 10.0. The third-order valence-corrected chi connectivity index (χ3v) is 3.88. The lowest BCUT2D eigenvalue weighted by Gasteiger charge is -2.18. The Bertz CT molecular complexity index is 421. The molecule has 1 rings (SSSR count). The molecule has 0 aliphatic carbocycles. The number of carbonyl (C=O) groups excluding carboxylic acids is 1. The van der Waals surface area contributed by atoms with Gasteiger partial charge in [0.05, 0.1) is 0 Å². The summed E-state index contributed by atoms with van der Waals surface area (Å²) >= 11 is 1.79. The predicted molar refractivity (Wildman–Crippen MR) is 94.4 cm³/mol. The Hall–Kier alpha value is -0.710. The summed E-state index contributed by atoms with van der Waals surface area (Å²) < 4.78 is 0. The molecule has 0 heterocycles. The zero-order valence-corrected chi connectivity index (χ0v) is 14.9. The number of rotatable bonds is 7. The quantitative estimate of drug-likeness (QED) is 0.749. The molecule has 3 N–H and O–H groups in total. The van der Waals surface area contributed by atoms with Gasteiger partial charge in [0.2, 0.25) is 0 Å². The van der Waals surface area contributed by atoms with Crippen molar-refractivity contribution >= 4 is 30.1 Å². The number of hydrogen-bond donors (Lipinski definition) is 2. The molecule has 0 fully saturated rings. The molecule has 0 saturated heterocycles. The Morgan fingerprint density at radius 2 is 1.76 bits per heavy atom. The van der Waals surface area contributed by atoms with Gasteiger partial charge in [-0.05, 0) is 36.6 Å². The van der Waals surface area contributed by atoms with Crippen LogP contribution in [0.1, 0.15) is 44.5 Å². The van der Waals surface area contributed by atoms with E-state index in [-0.39, 0.29) is 24.4 Å². The molecule has 1 aromatic rings. The summed E-state index contributed by atoms with van der Waals surface area (Å²) in [6.07, 6.45) is 0.906. The minimum atomic E-state index is -0.0396. The van der Waals surface area contributed by atoms with E-state index in [9.17, 15) is 4.79 Å². The smallest absolute Gasteiger partial charge is 0.251 e. The van der Waals surface area contributed by atoms with Crippen LogP contribution in [0.3, 0.4) is 0 Å². The van der Waals surface area contributed by atoms with E-state index in [0.29, 0.717) is 23.3 Å². The highest BCUT2D eigenvalue weighted by molar-refractivity contribution is 7.99. The largest absolute Gasteiger partial charge is 0.348 e. The van der Waals surface area contributed by atoms with Crippen LogP contribution in [-0.2, 0) is 0 Å². The fourth-order valence-corrected chi connectivity index (χ4v) is 2.85. The maximum Gasteiger partial charge on any atom is 0.251 e. The zero-order valence-electron chi connectivity index (χ0n) is 13.3. The summed E-state index contributed by atoms with van der Waals surface area (Å²) in [7, 11) is 0. The number of nitrogens with one attached hydrogen (secondary N) is 1. The molecule has 120 valence electrons. The third-order valence-electron chi connectivity index (χ3n) is 2.86. The van der Waals surface area contributed by atoms with Gasteiger partial charge in [-0.2, -0.15) is 0 Å². The average molecular weight is 331 g/mol. The van der Waals surface area contributed by atoms with Crippen LogP contribution in [0.25, 0.3) is 0 Å². The molecule has 1 aromatic carbocycles. The van der Waals surface area contributed by atoms with Crippen molar-refractivity contribution in [2.45, 2.75) is 50.3 Å². The summed E-state index contributed by atoms with van der Waals surface area (Å²) in [5, 5.41) is 3.55. The highest BCUT2D eigenvalue weighted by Gasteiger charge is 2.13. The Morgan fingerprint density at radius 1 is 1.19 bits per heavy atom. The first-order valence-corrected chi connectivity index (χ1v) is 8.08. The van der Waals surface area contributed by atoms with Crippen LogP contribution in [0.15, 0.2) is 29.2 Å². The van der Waals surface area contributed by atoms with E-state index in [1.807, 2.05) is 24.3 Å². The second-order valence-electron chi connectivity index (χ2n) is 5.73. The Kier molecular flexibility index (Phi) is 9.75. The maximum atomic E-state index is 12.2. The molecule has 0 bridgehead atoms. The van der Waals surface area contributed by atoms with Crippen LogP contribution in [0.5, 0.6) is 0 Å². The summed E-state index contributed by atoms with van der Waals surface area (Å²) in [4.78, 5) is 13.3. The van der Waals surface area contributed by atoms with Gasteiger partial charge in [0.25, 0.3) is 5.91 Å². The van der Waals surface area contributed by atoms with E-state index in [1.165, 1.54) is 4.90 Å². The fourth-order valence-electron chi connectivity index (χ4n) is 2.01. The first-order valence-electron chi connectivity index (χ1n) is 7.20. The number of thioether (sulfide) groups is 1. The van der Waals surface area contributed by atoms with Crippen molar-refractivity contribution in [2.75, 3.05) is 6.54 Å². The molecular formula is C16H27ClN2OS. The second kappa shape index (κ2) is 10.1. The first-order chi connectivity index (χ1) is 9.42. The van der Waals surface area contributed by atoms with Crippen LogP contribution in [0.4, 0.5) is 0 Å². The topological polar surface area (TPSA) is 55.1 Å². The highest BCUT2D eigenvalue weighted by Crippen LogP contribution is 2.22. The molecule has 21 heavy (non-hydrogen) atoms. The third kappa shape index (κ3) is 7.74. The van der Waals surface area contributed by atoms with E-state index in [0.717, 1.165) is 6.42 Å². The second-order valence-corrected chi connectivity index (χ2v) is 7.38. The summed E-state index contributed by atoms with van der Waals surface area (Å²) in [6.45, 7) is 9.05. The van der Waals surface area contributed by atoms with Crippen LogP contribution >= 0.6 is 24.2 Å². The number of hydrogen-bond acceptors (Lipinski definition) is 3. The van der Waals surface area contributed by atoms with Gasteiger partial charge in [0, 0.05) is 28.3 Å². The van der Waals surface area contributed by atoms with Crippen molar-refractivity contribution in [1.29, 1.82) is 0 Å². The number of nitrogens with two attached hydrogens (primary N) is 1. The predicted octanol–water partition coefficient (Wildman–Crippen LogP) is 3.71. The minimum Gasteiger partial charge on any atom is -0.348 e. The zero-order chi connectivity index (χ0) is 15.1. The van der Waals surface area contributed by atoms with E-state index >= 15 is 0 Å². The van der Waals surface area contributed by atoms with Crippen molar-refractivity contribution in [3.05, 3.63) is 29.8 Å². The van der Waals surface area contributed by atoms with Crippen molar-refractivity contribution in [2.24, 2.45) is 11.7 Å². The molecule has 1 atom stereocenters. The normalized spacial score (nSPS) is 12.1. The molecule has 0 spiro atoms. The Balaban J connectivity index is 0.00000400. The van der Waals surface area contributed by atoms with Gasteiger partial charge in [-0.3, -0.25) is 4.79 Å². The number of benzene rings is 1. The number of amides is 1. The van der Waals surface area contributed by atoms with Gasteiger partial charge in [-0.25, -0.2) is 0 Å². The average Bonchev–Trinajstić information content (AvgIpc) is 2.37. The molecule has 0 aliphatic rings. The van der Waals surface area contributed by atoms with Gasteiger partial charge < -0.3 is 11.1 Å². The van der Waals surface area contributed by atoms with Crippen molar-refractivity contribution in [3.8, 4) is 0 Å². The SMILES string of the molecule is CC(C)CC(CN)NC(=O)c1ccc(SC(C)C)cc1.Cl. The van der Waals surface area contributed by atoms with Gasteiger partial charge >= 0.3 is 0 Å². The molecule has 5 heteroatoms. The van der Waals surface area contributed by atoms with Gasteiger partial charge in [0.15, 0.2) is 0 Å². The maximum absolute atomic E-state index is 12.2. The number of carbonyl (C=O) groups is 1. The van der Waals surface area contributed by atoms with Gasteiger partial charge in [-0.1, -0.05) is 27.7 Å². The van der Waals surface area contributed by atoms with Crippen molar-refractivity contribution in [3.63, 3.8) is 0 Å². The fraction of sp³-hybridized carbons (Fsp3) is 0.562. The molecule has 0 saturated carbocycles. The van der Waals surface area contributed by atoms with E-state index < -0.39 is 0 Å². The molecule has 1 unspecified atom stereocenters. The van der Waals surface area contributed by atoms with Crippen LogP contribution in [0.2, 0.25) is 0 Å². The Labute approximate surface area is 138 Å².